The van der Waals surface area contributed by atoms with E-state index in [9.17, 15) is 28.3 Å². The van der Waals surface area contributed by atoms with Crippen LogP contribution in [0.5, 0.6) is 0 Å². The number of hydrogen-bond acceptors (Lipinski definition) is 7. The van der Waals surface area contributed by atoms with Crippen LogP contribution in [0.2, 0.25) is 5.15 Å². The number of ether oxygens (including phenoxy) is 2. The number of likely N-dealkylation sites (tertiary alicyclic amines) is 1. The zero-order valence-corrected chi connectivity index (χ0v) is 28.4. The van der Waals surface area contributed by atoms with Crippen molar-refractivity contribution < 1.29 is 33.0 Å². The molecule has 0 bridgehead atoms. The van der Waals surface area contributed by atoms with Gasteiger partial charge in [0.15, 0.2) is 17.3 Å². The average Bonchev–Trinajstić information content (AvgIpc) is 3.39. The normalized spacial score (nSPS) is 19.7. The Hall–Kier alpha value is -4.33. The van der Waals surface area contributed by atoms with Crippen LogP contribution in [0.15, 0.2) is 59.7 Å². The number of morpholine rings is 1. The minimum atomic E-state index is -1.31. The monoisotopic (exact) mass is 697 g/mol. The smallest absolute Gasteiger partial charge is 0.410 e. The second-order valence-electron chi connectivity index (χ2n) is 13.7. The number of piperidine rings is 1. The largest absolute Gasteiger partial charge is 0.444 e. The fraction of sp³-hybridized carbons (Fsp3) is 0.429. The number of fused-ring (bicyclic) bond motifs is 1. The first-order valence-electron chi connectivity index (χ1n) is 16.1. The van der Waals surface area contributed by atoms with E-state index in [0.29, 0.717) is 24.5 Å². The molecule has 2 aromatic heterocycles. The molecule has 1 N–H and O–H groups in total. The molecule has 11 nitrogen and oxygen atoms in total. The summed E-state index contributed by atoms with van der Waals surface area (Å²) in [5.74, 6) is -2.61. The second kappa shape index (κ2) is 13.2. The number of aliphatic hydroxyl groups is 1. The number of carbonyl (C=O) groups excluding carboxylic acids is 2. The van der Waals surface area contributed by atoms with E-state index in [1.807, 2.05) is 52.0 Å². The number of amides is 2. The molecule has 0 aliphatic carbocycles. The summed E-state index contributed by atoms with van der Waals surface area (Å²) >= 11 is 6.65. The molecule has 4 heterocycles. The van der Waals surface area contributed by atoms with Gasteiger partial charge in [-0.05, 0) is 82.5 Å². The summed E-state index contributed by atoms with van der Waals surface area (Å²) in [7, 11) is 0. The number of nitrogens with zero attached hydrogens (tertiary/aromatic N) is 5. The quantitative estimate of drug-likeness (QED) is 0.293. The molecule has 0 radical (unpaired) electrons. The fourth-order valence-corrected chi connectivity index (χ4v) is 6.59. The first-order valence-corrected chi connectivity index (χ1v) is 16.4. The number of aromatic nitrogens is 3. The summed E-state index contributed by atoms with van der Waals surface area (Å²) in [5, 5.41) is 11.9. The highest BCUT2D eigenvalue weighted by atomic mass is 35.5. The van der Waals surface area contributed by atoms with Gasteiger partial charge in [-0.2, -0.15) is 0 Å². The van der Waals surface area contributed by atoms with Gasteiger partial charge in [0.2, 0.25) is 0 Å². The molecule has 2 aromatic carbocycles. The van der Waals surface area contributed by atoms with Gasteiger partial charge in [0.1, 0.15) is 17.1 Å². The summed E-state index contributed by atoms with van der Waals surface area (Å²) < 4.78 is 41.5. The topological polar surface area (TPSA) is 119 Å². The SMILES string of the molecule is C[C@H]1CN(C(=O)OC(C)(C)C)[C@H](c2ccc(-n3c(Cl)cc4c(=O)n(CC5(O)CCN(C(=O)c6ccc(F)c(F)c6)CC5)cnc43)cc2)CO1. The third kappa shape index (κ3) is 7.19. The van der Waals surface area contributed by atoms with Gasteiger partial charge in [0.25, 0.3) is 11.5 Å². The molecule has 4 aromatic rings. The Bertz CT molecular complexity index is 1950. The maximum atomic E-state index is 13.7. The van der Waals surface area contributed by atoms with Gasteiger partial charge < -0.3 is 19.5 Å². The van der Waals surface area contributed by atoms with E-state index in [4.69, 9.17) is 21.1 Å². The van der Waals surface area contributed by atoms with Gasteiger partial charge in [0.05, 0.1) is 42.8 Å². The summed E-state index contributed by atoms with van der Waals surface area (Å²) in [4.78, 5) is 47.1. The van der Waals surface area contributed by atoms with Crippen LogP contribution in [0.1, 0.15) is 62.5 Å². The van der Waals surface area contributed by atoms with E-state index in [0.717, 1.165) is 17.7 Å². The molecule has 2 aliphatic rings. The van der Waals surface area contributed by atoms with Crippen molar-refractivity contribution in [3.8, 4) is 5.69 Å². The van der Waals surface area contributed by atoms with Crippen LogP contribution in [0.25, 0.3) is 16.7 Å². The molecule has 0 unspecified atom stereocenters. The van der Waals surface area contributed by atoms with E-state index in [1.54, 1.807) is 9.47 Å². The van der Waals surface area contributed by atoms with Crippen molar-refractivity contribution in [3.05, 3.63) is 93.1 Å². The van der Waals surface area contributed by atoms with E-state index in [2.05, 4.69) is 4.98 Å². The molecule has 49 heavy (non-hydrogen) atoms. The van der Waals surface area contributed by atoms with E-state index < -0.39 is 40.4 Å². The number of halogens is 3. The molecule has 260 valence electrons. The first kappa shape index (κ1) is 34.5. The fourth-order valence-electron chi connectivity index (χ4n) is 6.30. The van der Waals surface area contributed by atoms with Gasteiger partial charge in [0, 0.05) is 24.3 Å². The number of rotatable bonds is 5. The van der Waals surface area contributed by atoms with E-state index in [-0.39, 0.29) is 60.7 Å². The van der Waals surface area contributed by atoms with Crippen molar-refractivity contribution in [1.82, 2.24) is 23.9 Å². The molecular weight excluding hydrogens is 660 g/mol. The molecule has 2 atom stereocenters. The summed E-state index contributed by atoms with van der Waals surface area (Å²) in [5.41, 5.74) is -0.489. The van der Waals surface area contributed by atoms with Crippen LogP contribution >= 0.6 is 11.6 Å². The van der Waals surface area contributed by atoms with Crippen LogP contribution < -0.4 is 5.56 Å². The van der Waals surface area contributed by atoms with Gasteiger partial charge in [-0.25, -0.2) is 18.6 Å². The highest BCUT2D eigenvalue weighted by Gasteiger charge is 2.36. The molecule has 2 amide bonds. The number of carbonyl (C=O) groups is 2. The summed E-state index contributed by atoms with van der Waals surface area (Å²) in [6.07, 6.45) is 1.14. The minimum absolute atomic E-state index is 0.0200. The van der Waals surface area contributed by atoms with Crippen LogP contribution in [-0.2, 0) is 16.0 Å². The van der Waals surface area contributed by atoms with Crippen molar-refractivity contribution in [2.45, 2.75) is 70.4 Å². The van der Waals surface area contributed by atoms with Gasteiger partial charge in [-0.15, -0.1) is 0 Å². The Balaban J connectivity index is 1.18. The number of hydrogen-bond donors (Lipinski definition) is 1. The van der Waals surface area contributed by atoms with E-state index >= 15 is 0 Å². The van der Waals surface area contributed by atoms with Crippen LogP contribution in [0.4, 0.5) is 13.6 Å². The molecule has 6 rings (SSSR count). The van der Waals surface area contributed by atoms with Crippen LogP contribution in [0.3, 0.4) is 0 Å². The highest BCUT2D eigenvalue weighted by molar-refractivity contribution is 6.31. The molecular formula is C35H38ClF2N5O6. The van der Waals surface area contributed by atoms with Crippen molar-refractivity contribution in [1.29, 1.82) is 0 Å². The summed E-state index contributed by atoms with van der Waals surface area (Å²) in [6.45, 7) is 8.34. The zero-order valence-electron chi connectivity index (χ0n) is 27.7. The molecule has 2 saturated heterocycles. The highest BCUT2D eigenvalue weighted by Crippen LogP contribution is 2.31. The molecule has 0 spiro atoms. The Kier molecular flexibility index (Phi) is 9.29. The van der Waals surface area contributed by atoms with Gasteiger partial charge >= 0.3 is 6.09 Å². The second-order valence-corrected chi connectivity index (χ2v) is 14.1. The number of benzene rings is 2. The van der Waals surface area contributed by atoms with Crippen LogP contribution in [-0.4, -0.2) is 84.6 Å². The first-order chi connectivity index (χ1) is 23.1. The van der Waals surface area contributed by atoms with Gasteiger partial charge in [-0.1, -0.05) is 23.7 Å². The molecule has 2 fully saturated rings. The maximum Gasteiger partial charge on any atom is 0.410 e. The summed E-state index contributed by atoms with van der Waals surface area (Å²) in [6, 6.07) is 11.6. The Morgan fingerprint density at radius 2 is 1.78 bits per heavy atom. The molecule has 14 heteroatoms. The van der Waals surface area contributed by atoms with Crippen molar-refractivity contribution in [2.75, 3.05) is 26.2 Å². The zero-order chi connectivity index (χ0) is 35.2. The average molecular weight is 698 g/mol. The minimum Gasteiger partial charge on any atom is -0.444 e. The van der Waals surface area contributed by atoms with Crippen LogP contribution in [0, 0.1) is 11.6 Å². The lowest BCUT2D eigenvalue weighted by Gasteiger charge is -2.39. The lowest BCUT2D eigenvalue weighted by Crippen LogP contribution is -2.49. The third-order valence-electron chi connectivity index (χ3n) is 8.89. The predicted molar refractivity (Wildman–Crippen MR) is 178 cm³/mol. The third-order valence-corrected chi connectivity index (χ3v) is 9.16. The van der Waals surface area contributed by atoms with Crippen molar-refractivity contribution >= 4 is 34.6 Å². The Morgan fingerprint density at radius 1 is 1.08 bits per heavy atom. The lowest BCUT2D eigenvalue weighted by atomic mass is 9.91. The lowest BCUT2D eigenvalue weighted by molar-refractivity contribution is -0.0644. The molecule has 2 aliphatic heterocycles. The molecule has 0 saturated carbocycles. The Labute approximate surface area is 286 Å². The standard InChI is InChI=1S/C35H38ClF2N5O6/c1-21-17-42(33(46)49-34(2,3)4)28(18-48-21)22-5-8-24(9-6-22)43-29(36)16-25-30(43)39-20-41(32(25)45)19-35(47)11-13-40(14-12-35)31(44)23-7-10-26(37)27(38)15-23/h5-10,15-16,20-21,28,47H,11-14,17-19H2,1-4H3/t21-,28-/m0/s1. The predicted octanol–water partition coefficient (Wildman–Crippen LogP) is 5.48. The van der Waals surface area contributed by atoms with Gasteiger partial charge in [-0.3, -0.25) is 23.6 Å². The maximum absolute atomic E-state index is 13.7. The van der Waals surface area contributed by atoms with Crippen molar-refractivity contribution in [3.63, 3.8) is 0 Å². The van der Waals surface area contributed by atoms with Crippen molar-refractivity contribution in [2.24, 2.45) is 0 Å². The Morgan fingerprint density at radius 3 is 2.43 bits per heavy atom. The van der Waals surface area contributed by atoms with E-state index in [1.165, 1.54) is 27.9 Å².